The topological polar surface area (TPSA) is 66.4 Å². The molecule has 0 aromatic rings. The van der Waals surface area contributed by atoms with Crippen LogP contribution in [0.2, 0.25) is 0 Å². The summed E-state index contributed by atoms with van der Waals surface area (Å²) < 4.78 is 0. The maximum atomic E-state index is 11.1. The number of rotatable bonds is 1. The number of carboxylic acids is 1. The van der Waals surface area contributed by atoms with E-state index in [1.165, 1.54) is 0 Å². The number of amides is 1. The van der Waals surface area contributed by atoms with Gasteiger partial charge in [0.15, 0.2) is 0 Å². The van der Waals surface area contributed by atoms with Gasteiger partial charge in [-0.05, 0) is 25.2 Å². The molecule has 2 rings (SSSR count). The summed E-state index contributed by atoms with van der Waals surface area (Å²) in [6.07, 6.45) is 2.59. The van der Waals surface area contributed by atoms with Crippen molar-refractivity contribution < 1.29 is 14.7 Å². The Labute approximate surface area is 69.9 Å². The van der Waals surface area contributed by atoms with Gasteiger partial charge >= 0.3 is 5.97 Å². The molecule has 4 nitrogen and oxygen atoms in total. The third-order valence-corrected chi connectivity index (χ3v) is 2.88. The highest BCUT2D eigenvalue weighted by Crippen LogP contribution is 2.39. The maximum absolute atomic E-state index is 11.1. The van der Waals surface area contributed by atoms with Crippen molar-refractivity contribution in [1.29, 1.82) is 0 Å². The largest absolute Gasteiger partial charge is 0.480 e. The van der Waals surface area contributed by atoms with Crippen LogP contribution in [-0.4, -0.2) is 22.5 Å². The van der Waals surface area contributed by atoms with E-state index in [4.69, 9.17) is 5.11 Å². The summed E-state index contributed by atoms with van der Waals surface area (Å²) in [7, 11) is 0. The van der Waals surface area contributed by atoms with Gasteiger partial charge < -0.3 is 10.4 Å². The molecule has 1 amide bonds. The van der Waals surface area contributed by atoms with E-state index in [1.54, 1.807) is 0 Å². The van der Waals surface area contributed by atoms with Crippen LogP contribution in [0.25, 0.3) is 0 Å². The van der Waals surface area contributed by atoms with E-state index >= 15 is 0 Å². The van der Waals surface area contributed by atoms with Gasteiger partial charge in [0.25, 0.3) is 0 Å². The average Bonchev–Trinajstić information content (AvgIpc) is 2.28. The van der Waals surface area contributed by atoms with Crippen molar-refractivity contribution in [2.24, 2.45) is 5.92 Å². The fraction of sp³-hybridized carbons (Fsp3) is 0.750. The Morgan fingerprint density at radius 2 is 2.42 bits per heavy atom. The molecule has 4 heteroatoms. The van der Waals surface area contributed by atoms with Crippen LogP contribution in [0.3, 0.4) is 0 Å². The number of carboxylic acid groups (broad SMARTS) is 1. The van der Waals surface area contributed by atoms with Crippen molar-refractivity contribution in [2.75, 3.05) is 0 Å². The number of carbonyl (C=O) groups is 2. The second-order valence-corrected chi connectivity index (χ2v) is 3.75. The lowest BCUT2D eigenvalue weighted by Crippen LogP contribution is -2.55. The van der Waals surface area contributed by atoms with E-state index in [2.05, 4.69) is 5.32 Å². The van der Waals surface area contributed by atoms with E-state index < -0.39 is 11.5 Å². The normalized spacial score (nSPS) is 39.3. The van der Waals surface area contributed by atoms with Gasteiger partial charge in [-0.3, -0.25) is 4.79 Å². The number of carbonyl (C=O) groups excluding carboxylic acids is 1. The summed E-state index contributed by atoms with van der Waals surface area (Å²) in [6.45, 7) is 0. The number of nitrogens with one attached hydrogen (secondary N) is 1. The Morgan fingerprint density at radius 3 is 3.08 bits per heavy atom. The molecule has 2 atom stereocenters. The molecule has 12 heavy (non-hydrogen) atoms. The first kappa shape index (κ1) is 7.58. The summed E-state index contributed by atoms with van der Waals surface area (Å²) in [5.41, 5.74) is -0.917. The highest BCUT2D eigenvalue weighted by molar-refractivity contribution is 5.89. The predicted octanol–water partition coefficient (Wildman–Crippen LogP) is 0.130. The van der Waals surface area contributed by atoms with Gasteiger partial charge in [0.05, 0.1) is 0 Å². The lowest BCUT2D eigenvalue weighted by Gasteiger charge is -2.29. The minimum Gasteiger partial charge on any atom is -0.480 e. The van der Waals surface area contributed by atoms with E-state index in [0.29, 0.717) is 25.2 Å². The molecule has 0 aromatic heterocycles. The zero-order valence-electron chi connectivity index (χ0n) is 6.67. The van der Waals surface area contributed by atoms with Crippen molar-refractivity contribution in [3.05, 3.63) is 0 Å². The van der Waals surface area contributed by atoms with Gasteiger partial charge in [-0.15, -0.1) is 0 Å². The summed E-state index contributed by atoms with van der Waals surface area (Å²) in [4.78, 5) is 21.9. The van der Waals surface area contributed by atoms with E-state index in [0.717, 1.165) is 6.42 Å². The molecule has 2 fully saturated rings. The molecular weight excluding hydrogens is 158 g/mol. The van der Waals surface area contributed by atoms with E-state index in [-0.39, 0.29) is 5.91 Å². The molecule has 1 saturated heterocycles. The number of fused-ring (bicyclic) bond motifs is 2. The molecule has 0 spiro atoms. The number of piperidine rings is 1. The first-order valence-electron chi connectivity index (χ1n) is 4.17. The Kier molecular flexibility index (Phi) is 1.40. The Balaban J connectivity index is 2.27. The zero-order valence-corrected chi connectivity index (χ0v) is 6.67. The minimum atomic E-state index is -0.917. The third-order valence-electron chi connectivity index (χ3n) is 2.88. The van der Waals surface area contributed by atoms with Crippen molar-refractivity contribution in [3.8, 4) is 0 Å². The molecule has 2 bridgehead atoms. The van der Waals surface area contributed by atoms with E-state index in [1.807, 2.05) is 0 Å². The molecular formula is C8H11NO3. The third kappa shape index (κ3) is 0.906. The Morgan fingerprint density at radius 1 is 1.67 bits per heavy atom. The van der Waals surface area contributed by atoms with Crippen LogP contribution >= 0.6 is 0 Å². The molecule has 2 unspecified atom stereocenters. The Bertz CT molecular complexity index is 251. The maximum Gasteiger partial charge on any atom is 0.329 e. The van der Waals surface area contributed by atoms with Crippen LogP contribution in [-0.2, 0) is 9.59 Å². The van der Waals surface area contributed by atoms with Gasteiger partial charge in [0.1, 0.15) is 5.54 Å². The SMILES string of the molecule is O=C1CC2CCC(C(=O)O)(C2)N1. The molecule has 1 saturated carbocycles. The summed E-state index contributed by atoms with van der Waals surface area (Å²) in [5, 5.41) is 11.5. The van der Waals surface area contributed by atoms with Crippen molar-refractivity contribution in [2.45, 2.75) is 31.2 Å². The van der Waals surface area contributed by atoms with E-state index in [9.17, 15) is 9.59 Å². The van der Waals surface area contributed by atoms with Crippen LogP contribution in [0, 0.1) is 5.92 Å². The molecule has 0 radical (unpaired) electrons. The highest BCUT2D eigenvalue weighted by Gasteiger charge is 2.50. The monoisotopic (exact) mass is 169 g/mol. The fourth-order valence-corrected chi connectivity index (χ4v) is 2.26. The average molecular weight is 169 g/mol. The fourth-order valence-electron chi connectivity index (χ4n) is 2.26. The summed E-state index contributed by atoms with van der Waals surface area (Å²) >= 11 is 0. The second kappa shape index (κ2) is 2.21. The van der Waals surface area contributed by atoms with Crippen molar-refractivity contribution in [3.63, 3.8) is 0 Å². The molecule has 2 N–H and O–H groups in total. The lowest BCUT2D eigenvalue weighted by atomic mass is 9.90. The van der Waals surface area contributed by atoms with Gasteiger partial charge in [0, 0.05) is 6.42 Å². The standard InChI is InChI=1S/C8H11NO3/c10-6-3-5-1-2-8(4-5,9-6)7(11)12/h5H,1-4H2,(H,9,10)(H,11,12). The van der Waals surface area contributed by atoms with Crippen LogP contribution in [0.15, 0.2) is 0 Å². The van der Waals surface area contributed by atoms with Gasteiger partial charge in [-0.2, -0.15) is 0 Å². The first-order valence-corrected chi connectivity index (χ1v) is 4.17. The smallest absolute Gasteiger partial charge is 0.329 e. The van der Waals surface area contributed by atoms with Crippen molar-refractivity contribution >= 4 is 11.9 Å². The van der Waals surface area contributed by atoms with Crippen molar-refractivity contribution in [1.82, 2.24) is 5.32 Å². The molecule has 66 valence electrons. The number of hydrogen-bond donors (Lipinski definition) is 2. The lowest BCUT2D eigenvalue weighted by molar-refractivity contribution is -0.148. The van der Waals surface area contributed by atoms with Crippen LogP contribution in [0.5, 0.6) is 0 Å². The van der Waals surface area contributed by atoms with Gasteiger partial charge in [-0.1, -0.05) is 0 Å². The highest BCUT2D eigenvalue weighted by atomic mass is 16.4. The second-order valence-electron chi connectivity index (χ2n) is 3.75. The number of hydrogen-bond acceptors (Lipinski definition) is 2. The quantitative estimate of drug-likeness (QED) is 0.586. The first-order chi connectivity index (χ1) is 5.62. The van der Waals surface area contributed by atoms with Crippen LogP contribution < -0.4 is 5.32 Å². The van der Waals surface area contributed by atoms with Crippen LogP contribution in [0.4, 0.5) is 0 Å². The molecule has 0 aromatic carbocycles. The van der Waals surface area contributed by atoms with Gasteiger partial charge in [0.2, 0.25) is 5.91 Å². The number of aliphatic carboxylic acids is 1. The molecule has 1 aliphatic heterocycles. The molecule has 1 heterocycles. The minimum absolute atomic E-state index is 0.105. The molecule has 1 aliphatic carbocycles. The van der Waals surface area contributed by atoms with Gasteiger partial charge in [-0.25, -0.2) is 4.79 Å². The van der Waals surface area contributed by atoms with Crippen LogP contribution in [0.1, 0.15) is 25.7 Å². The summed E-state index contributed by atoms with van der Waals surface area (Å²) in [6, 6.07) is 0. The predicted molar refractivity (Wildman–Crippen MR) is 40.5 cm³/mol. The zero-order chi connectivity index (χ0) is 8.77. The molecule has 2 aliphatic rings. The summed E-state index contributed by atoms with van der Waals surface area (Å²) in [5.74, 6) is -0.681. The Hall–Kier alpha value is -1.06.